The highest BCUT2D eigenvalue weighted by atomic mass is 19.1. The Morgan fingerprint density at radius 2 is 2.17 bits per heavy atom. The van der Waals surface area contributed by atoms with E-state index in [1.807, 2.05) is 0 Å². The minimum atomic E-state index is -1.32. The van der Waals surface area contributed by atoms with E-state index in [-0.39, 0.29) is 6.61 Å². The highest BCUT2D eigenvalue weighted by molar-refractivity contribution is 5.08. The summed E-state index contributed by atoms with van der Waals surface area (Å²) in [7, 11) is 0. The summed E-state index contributed by atoms with van der Waals surface area (Å²) in [5.74, 6) is -0.451. The predicted octanol–water partition coefficient (Wildman–Crippen LogP) is -0.919. The molecule has 104 valence electrons. The van der Waals surface area contributed by atoms with Gasteiger partial charge in [-0.15, -0.1) is 0 Å². The quantitative estimate of drug-likeness (QED) is 0.515. The van der Waals surface area contributed by atoms with Crippen LogP contribution in [-0.4, -0.2) is 57.9 Å². The van der Waals surface area contributed by atoms with Crippen molar-refractivity contribution in [3.05, 3.63) is 11.8 Å². The molecule has 0 aliphatic carbocycles. The molecule has 0 aromatic carbocycles. The third-order valence-electron chi connectivity index (χ3n) is 3.52. The van der Waals surface area contributed by atoms with E-state index < -0.39 is 37.0 Å². The number of rotatable bonds is 2. The van der Waals surface area contributed by atoms with E-state index >= 15 is 0 Å². The van der Waals surface area contributed by atoms with Crippen LogP contribution >= 0.6 is 0 Å². The van der Waals surface area contributed by atoms with E-state index in [0.717, 1.165) is 0 Å². The summed E-state index contributed by atoms with van der Waals surface area (Å²) in [6.45, 7) is 3.05. The van der Waals surface area contributed by atoms with Gasteiger partial charge in [-0.1, -0.05) is 6.92 Å². The number of aliphatic hydroxyl groups excluding tert-OH is 3. The lowest BCUT2D eigenvalue weighted by atomic mass is 10.0. The minimum Gasteiger partial charge on any atom is -0.394 e. The Morgan fingerprint density at radius 3 is 2.72 bits per heavy atom. The van der Waals surface area contributed by atoms with Crippen molar-refractivity contribution in [1.29, 1.82) is 0 Å². The van der Waals surface area contributed by atoms with Gasteiger partial charge in [0.05, 0.1) is 12.7 Å². The number of aliphatic hydroxyl groups is 3. The van der Waals surface area contributed by atoms with E-state index in [9.17, 15) is 14.6 Å². The number of hydrogen-bond donors (Lipinski definition) is 4. The molecule has 1 fully saturated rings. The Balaban J connectivity index is 2.17. The summed E-state index contributed by atoms with van der Waals surface area (Å²) in [4.78, 5) is 1.28. The average Bonchev–Trinajstić information content (AvgIpc) is 2.61. The maximum atomic E-state index is 14.1. The van der Waals surface area contributed by atoms with Gasteiger partial charge in [0.15, 0.2) is 12.6 Å². The van der Waals surface area contributed by atoms with E-state index in [0.29, 0.717) is 5.57 Å². The summed E-state index contributed by atoms with van der Waals surface area (Å²) >= 11 is 0. The van der Waals surface area contributed by atoms with Gasteiger partial charge in [-0.25, -0.2) is 9.71 Å². The lowest BCUT2D eigenvalue weighted by Crippen LogP contribution is -2.57. The number of nitrogens with zero attached hydrogens (tertiary/aromatic N) is 1. The summed E-state index contributed by atoms with van der Waals surface area (Å²) in [6, 6.07) is 0. The first-order chi connectivity index (χ1) is 8.45. The van der Waals surface area contributed by atoms with E-state index in [1.54, 1.807) is 13.8 Å². The number of alkyl halides is 1. The SMILES string of the molecule is CC1=CN([C@@H]2O[C@H](CO)[C@H](C)[C@@H]2F)C(O)NC1O. The van der Waals surface area contributed by atoms with Gasteiger partial charge in [0.25, 0.3) is 0 Å². The molecule has 2 aliphatic rings. The van der Waals surface area contributed by atoms with Gasteiger partial charge in [-0.2, -0.15) is 0 Å². The molecule has 0 spiro atoms. The first-order valence-electron chi connectivity index (χ1n) is 5.94. The smallest absolute Gasteiger partial charge is 0.187 e. The second-order valence-electron chi connectivity index (χ2n) is 4.81. The first kappa shape index (κ1) is 13.7. The monoisotopic (exact) mass is 262 g/mol. The Labute approximate surface area is 105 Å². The molecular weight excluding hydrogens is 243 g/mol. The molecule has 2 unspecified atom stereocenters. The summed E-state index contributed by atoms with van der Waals surface area (Å²) in [5, 5.41) is 30.8. The van der Waals surface area contributed by atoms with Crippen molar-refractivity contribution in [2.75, 3.05) is 6.61 Å². The fourth-order valence-corrected chi connectivity index (χ4v) is 2.23. The number of halogens is 1. The molecule has 2 heterocycles. The molecule has 0 aromatic rings. The van der Waals surface area contributed by atoms with Crippen LogP contribution in [0.25, 0.3) is 0 Å². The van der Waals surface area contributed by atoms with Gasteiger partial charge < -0.3 is 25.0 Å². The third-order valence-corrected chi connectivity index (χ3v) is 3.52. The largest absolute Gasteiger partial charge is 0.394 e. The molecule has 6 nitrogen and oxygen atoms in total. The van der Waals surface area contributed by atoms with Gasteiger partial charge in [0, 0.05) is 12.1 Å². The van der Waals surface area contributed by atoms with Gasteiger partial charge in [0.2, 0.25) is 0 Å². The second-order valence-corrected chi connectivity index (χ2v) is 4.81. The minimum absolute atomic E-state index is 0.263. The van der Waals surface area contributed by atoms with E-state index in [4.69, 9.17) is 9.84 Å². The number of nitrogens with one attached hydrogen (secondary N) is 1. The van der Waals surface area contributed by atoms with Gasteiger partial charge in [0.1, 0.15) is 12.4 Å². The van der Waals surface area contributed by atoms with Crippen LogP contribution in [0.4, 0.5) is 4.39 Å². The first-order valence-corrected chi connectivity index (χ1v) is 5.94. The average molecular weight is 262 g/mol. The van der Waals surface area contributed by atoms with Crippen LogP contribution < -0.4 is 5.32 Å². The summed E-state index contributed by atoms with van der Waals surface area (Å²) in [5.41, 5.74) is 0.552. The van der Waals surface area contributed by atoms with Crippen molar-refractivity contribution < 1.29 is 24.4 Å². The zero-order chi connectivity index (χ0) is 13.4. The maximum absolute atomic E-state index is 14.1. The summed E-state index contributed by atoms with van der Waals surface area (Å²) < 4.78 is 19.5. The van der Waals surface area contributed by atoms with Crippen LogP contribution in [0.2, 0.25) is 0 Å². The zero-order valence-corrected chi connectivity index (χ0v) is 10.3. The normalized spacial score (nSPS) is 45.2. The van der Waals surface area contributed by atoms with Crippen LogP contribution in [0.5, 0.6) is 0 Å². The molecule has 1 saturated heterocycles. The van der Waals surface area contributed by atoms with Crippen molar-refractivity contribution >= 4 is 0 Å². The molecule has 18 heavy (non-hydrogen) atoms. The van der Waals surface area contributed by atoms with E-state index in [2.05, 4.69) is 5.32 Å². The number of hydrogen-bond acceptors (Lipinski definition) is 6. The molecule has 6 atom stereocenters. The Morgan fingerprint density at radius 1 is 1.50 bits per heavy atom. The fourth-order valence-electron chi connectivity index (χ4n) is 2.23. The maximum Gasteiger partial charge on any atom is 0.187 e. The Hall–Kier alpha value is -0.730. The van der Waals surface area contributed by atoms with Gasteiger partial charge >= 0.3 is 0 Å². The van der Waals surface area contributed by atoms with Crippen LogP contribution in [0, 0.1) is 5.92 Å². The lowest BCUT2D eigenvalue weighted by Gasteiger charge is -2.38. The molecule has 2 rings (SSSR count). The topological polar surface area (TPSA) is 85.2 Å². The van der Waals surface area contributed by atoms with Crippen LogP contribution in [0.1, 0.15) is 13.8 Å². The van der Waals surface area contributed by atoms with Gasteiger partial charge in [-0.05, 0) is 12.5 Å². The van der Waals surface area contributed by atoms with Crippen molar-refractivity contribution in [2.24, 2.45) is 5.92 Å². The van der Waals surface area contributed by atoms with Crippen LogP contribution in [-0.2, 0) is 4.74 Å². The molecule has 0 radical (unpaired) electrons. The molecule has 0 aromatic heterocycles. The summed E-state index contributed by atoms with van der Waals surface area (Å²) in [6.07, 6.45) is -3.59. The van der Waals surface area contributed by atoms with Crippen molar-refractivity contribution in [3.8, 4) is 0 Å². The van der Waals surface area contributed by atoms with Crippen molar-refractivity contribution in [3.63, 3.8) is 0 Å². The third kappa shape index (κ3) is 2.24. The molecule has 4 N–H and O–H groups in total. The molecule has 2 aliphatic heterocycles. The molecule has 0 amide bonds. The van der Waals surface area contributed by atoms with Crippen LogP contribution in [0.3, 0.4) is 0 Å². The molecule has 0 bridgehead atoms. The molecular formula is C11H19FN2O4. The second kappa shape index (κ2) is 5.10. The zero-order valence-electron chi connectivity index (χ0n) is 10.3. The highest BCUT2D eigenvalue weighted by Crippen LogP contribution is 2.33. The van der Waals surface area contributed by atoms with Gasteiger partial charge in [-0.3, -0.25) is 0 Å². The predicted molar refractivity (Wildman–Crippen MR) is 60.6 cm³/mol. The van der Waals surface area contributed by atoms with Crippen molar-refractivity contribution in [1.82, 2.24) is 10.2 Å². The molecule has 7 heteroatoms. The van der Waals surface area contributed by atoms with Crippen molar-refractivity contribution in [2.45, 2.75) is 44.9 Å². The standard InChI is InChI=1S/C11H19FN2O4/c1-5-3-14(11(17)13-9(5)16)10-8(12)6(2)7(4-15)18-10/h3,6-11,13,15-17H,4H2,1-2H3/t6-,7+,8-,9?,10+,11?/m0/s1. The fraction of sp³-hybridized carbons (Fsp3) is 0.818. The van der Waals surface area contributed by atoms with Crippen LogP contribution in [0.15, 0.2) is 11.8 Å². The number of ether oxygens (including phenoxy) is 1. The highest BCUT2D eigenvalue weighted by Gasteiger charge is 2.46. The lowest BCUT2D eigenvalue weighted by molar-refractivity contribution is -0.147. The molecule has 0 saturated carbocycles. The van der Waals surface area contributed by atoms with E-state index in [1.165, 1.54) is 11.1 Å². The Kier molecular flexibility index (Phi) is 3.88. The Bertz CT molecular complexity index is 341.